The average Bonchev–Trinajstić information content (AvgIpc) is 2.31. The number of unbranched alkanes of at least 4 members (excludes halogenated alkanes) is 1. The van der Waals surface area contributed by atoms with Gasteiger partial charge in [-0.15, -0.1) is 0 Å². The molecule has 0 saturated heterocycles. The minimum Gasteiger partial charge on any atom is -0.464 e. The molecule has 10 heavy (non-hydrogen) atoms. The Kier molecular flexibility index (Phi) is 2.95. The van der Waals surface area contributed by atoms with E-state index in [0.29, 0.717) is 0 Å². The molecule has 0 aliphatic carbocycles. The highest BCUT2D eigenvalue weighted by atomic mass is 31.0. The molecule has 0 bridgehead atoms. The topological polar surface area (TPSA) is 13.1 Å². The SMILES string of the molecule is CCCCc1ccoc1[P]. The van der Waals surface area contributed by atoms with Crippen molar-refractivity contribution in [2.45, 2.75) is 26.2 Å². The van der Waals surface area contributed by atoms with E-state index in [-0.39, 0.29) is 0 Å². The van der Waals surface area contributed by atoms with Crippen molar-refractivity contribution in [3.63, 3.8) is 0 Å². The fourth-order valence-electron chi connectivity index (χ4n) is 0.885. The molecule has 1 aromatic rings. The molecule has 0 spiro atoms. The normalized spacial score (nSPS) is 10.2. The molecule has 54 valence electrons. The van der Waals surface area contributed by atoms with Crippen LogP contribution < -0.4 is 5.50 Å². The fraction of sp³-hybridized carbons (Fsp3) is 0.500. The van der Waals surface area contributed by atoms with Crippen molar-refractivity contribution in [3.05, 3.63) is 17.9 Å². The first-order chi connectivity index (χ1) is 4.84. The van der Waals surface area contributed by atoms with Crippen molar-refractivity contribution in [1.82, 2.24) is 0 Å². The van der Waals surface area contributed by atoms with E-state index in [1.54, 1.807) is 6.26 Å². The molecule has 2 radical (unpaired) electrons. The van der Waals surface area contributed by atoms with E-state index in [4.69, 9.17) is 4.42 Å². The first kappa shape index (κ1) is 7.81. The zero-order valence-corrected chi connectivity index (χ0v) is 7.03. The Morgan fingerprint density at radius 2 is 2.40 bits per heavy atom. The Labute approximate surface area is 64.0 Å². The van der Waals surface area contributed by atoms with Crippen LogP contribution in [0.25, 0.3) is 0 Å². The van der Waals surface area contributed by atoms with E-state index in [1.165, 1.54) is 18.4 Å². The summed E-state index contributed by atoms with van der Waals surface area (Å²) in [7, 11) is 4.16. The maximum absolute atomic E-state index is 5.03. The predicted molar refractivity (Wildman–Crippen MR) is 43.9 cm³/mol. The van der Waals surface area contributed by atoms with Crippen molar-refractivity contribution < 1.29 is 4.42 Å². The summed E-state index contributed by atoms with van der Waals surface area (Å²) in [5.74, 6) is 0. The lowest BCUT2D eigenvalue weighted by Gasteiger charge is -1.93. The molecule has 0 amide bonds. The van der Waals surface area contributed by atoms with Crippen LogP contribution in [0.2, 0.25) is 0 Å². The third-order valence-electron chi connectivity index (χ3n) is 1.52. The summed E-state index contributed by atoms with van der Waals surface area (Å²) in [4.78, 5) is 0. The predicted octanol–water partition coefficient (Wildman–Crippen LogP) is 2.66. The Bertz CT molecular complexity index is 193. The molecular formula is C8H11OP. The number of hydrogen-bond donors (Lipinski definition) is 0. The number of hydrogen-bond acceptors (Lipinski definition) is 1. The second-order valence-corrected chi connectivity index (χ2v) is 2.76. The summed E-state index contributed by atoms with van der Waals surface area (Å²) in [5.41, 5.74) is 2.00. The summed E-state index contributed by atoms with van der Waals surface area (Å²) in [6.07, 6.45) is 5.21. The van der Waals surface area contributed by atoms with Gasteiger partial charge in [-0.25, -0.2) is 0 Å². The number of rotatable bonds is 3. The molecule has 0 unspecified atom stereocenters. The van der Waals surface area contributed by atoms with Gasteiger partial charge in [-0.2, -0.15) is 0 Å². The highest BCUT2D eigenvalue weighted by molar-refractivity contribution is 7.26. The summed E-state index contributed by atoms with van der Waals surface area (Å²) >= 11 is 0. The van der Waals surface area contributed by atoms with Crippen molar-refractivity contribution in [2.24, 2.45) is 0 Å². The average molecular weight is 154 g/mol. The first-order valence-electron chi connectivity index (χ1n) is 3.60. The first-order valence-corrected chi connectivity index (χ1v) is 4.04. The van der Waals surface area contributed by atoms with Crippen molar-refractivity contribution in [1.29, 1.82) is 0 Å². The van der Waals surface area contributed by atoms with Crippen LogP contribution in [0.3, 0.4) is 0 Å². The van der Waals surface area contributed by atoms with Gasteiger partial charge >= 0.3 is 0 Å². The molecule has 1 rings (SSSR count). The lowest BCUT2D eigenvalue weighted by Crippen LogP contribution is -1.94. The molecule has 1 aromatic heterocycles. The Balaban J connectivity index is 2.49. The van der Waals surface area contributed by atoms with Crippen molar-refractivity contribution in [2.75, 3.05) is 0 Å². The summed E-state index contributed by atoms with van der Waals surface area (Å²) in [5, 5.41) is 0. The quantitative estimate of drug-likeness (QED) is 0.610. The van der Waals surface area contributed by atoms with Crippen molar-refractivity contribution >= 4 is 14.7 Å². The van der Waals surface area contributed by atoms with E-state index >= 15 is 0 Å². The second kappa shape index (κ2) is 3.78. The van der Waals surface area contributed by atoms with E-state index in [0.717, 1.165) is 11.9 Å². The van der Waals surface area contributed by atoms with Crippen LogP contribution >= 0.6 is 9.24 Å². The molecule has 0 aromatic carbocycles. The highest BCUT2D eigenvalue weighted by Gasteiger charge is 1.99. The number of furan rings is 1. The third kappa shape index (κ3) is 1.85. The molecular weight excluding hydrogens is 143 g/mol. The van der Waals surface area contributed by atoms with Crippen LogP contribution in [0.1, 0.15) is 25.3 Å². The van der Waals surface area contributed by atoms with Crippen LogP contribution in [-0.2, 0) is 6.42 Å². The summed E-state index contributed by atoms with van der Waals surface area (Å²) < 4.78 is 5.03. The Morgan fingerprint density at radius 3 is 2.90 bits per heavy atom. The molecule has 0 atom stereocenters. The molecule has 0 saturated carbocycles. The van der Waals surface area contributed by atoms with Crippen LogP contribution in [0, 0.1) is 0 Å². The smallest absolute Gasteiger partial charge is 0.138 e. The number of aryl methyl sites for hydroxylation is 1. The van der Waals surface area contributed by atoms with Gasteiger partial charge in [0.15, 0.2) is 0 Å². The monoisotopic (exact) mass is 154 g/mol. The van der Waals surface area contributed by atoms with Crippen molar-refractivity contribution in [3.8, 4) is 0 Å². The van der Waals surface area contributed by atoms with Crippen LogP contribution in [-0.4, -0.2) is 0 Å². The van der Waals surface area contributed by atoms with Crippen LogP contribution in [0.4, 0.5) is 0 Å². The second-order valence-electron chi connectivity index (χ2n) is 2.35. The van der Waals surface area contributed by atoms with Crippen LogP contribution in [0.5, 0.6) is 0 Å². The molecule has 0 aliphatic rings. The van der Waals surface area contributed by atoms with Gasteiger partial charge in [-0.05, 0) is 24.5 Å². The van der Waals surface area contributed by atoms with E-state index in [2.05, 4.69) is 16.2 Å². The lowest BCUT2D eigenvalue weighted by atomic mass is 10.2. The largest absolute Gasteiger partial charge is 0.464 e. The van der Waals surface area contributed by atoms with E-state index in [9.17, 15) is 0 Å². The molecule has 1 heterocycles. The standard InChI is InChI=1S/C8H11OP/c1-2-3-4-7-5-6-9-8(7)10/h5-6H,2-4H2,1H3. The van der Waals surface area contributed by atoms with E-state index < -0.39 is 0 Å². The Morgan fingerprint density at radius 1 is 1.60 bits per heavy atom. The van der Waals surface area contributed by atoms with Gasteiger partial charge in [0, 0.05) is 9.24 Å². The van der Waals surface area contributed by atoms with E-state index in [1.807, 2.05) is 6.07 Å². The Hall–Kier alpha value is -0.290. The molecule has 2 heteroatoms. The summed E-state index contributed by atoms with van der Waals surface area (Å²) in [6.45, 7) is 2.18. The minimum absolute atomic E-state index is 0.772. The van der Waals surface area contributed by atoms with Gasteiger partial charge in [-0.1, -0.05) is 13.3 Å². The zero-order chi connectivity index (χ0) is 7.40. The maximum atomic E-state index is 5.03. The van der Waals surface area contributed by atoms with Gasteiger partial charge in [0.2, 0.25) is 0 Å². The maximum Gasteiger partial charge on any atom is 0.138 e. The van der Waals surface area contributed by atoms with Gasteiger partial charge in [0.25, 0.3) is 0 Å². The molecule has 1 nitrogen and oxygen atoms in total. The van der Waals surface area contributed by atoms with Gasteiger partial charge in [0.1, 0.15) is 5.50 Å². The van der Waals surface area contributed by atoms with Gasteiger partial charge in [-0.3, -0.25) is 0 Å². The summed E-state index contributed by atoms with van der Waals surface area (Å²) in [6, 6.07) is 1.98. The van der Waals surface area contributed by atoms with Gasteiger partial charge < -0.3 is 4.42 Å². The van der Waals surface area contributed by atoms with Crippen LogP contribution in [0.15, 0.2) is 16.7 Å². The third-order valence-corrected chi connectivity index (χ3v) is 1.92. The fourth-order valence-corrected chi connectivity index (χ4v) is 1.13. The molecule has 0 aliphatic heterocycles. The minimum atomic E-state index is 0.772. The molecule has 0 N–H and O–H groups in total. The van der Waals surface area contributed by atoms with Gasteiger partial charge in [0.05, 0.1) is 6.26 Å². The lowest BCUT2D eigenvalue weighted by molar-refractivity contribution is 0.601. The highest BCUT2D eigenvalue weighted by Crippen LogP contribution is 2.05. The zero-order valence-electron chi connectivity index (χ0n) is 6.13. The molecule has 0 fully saturated rings.